The lowest BCUT2D eigenvalue weighted by molar-refractivity contribution is 0.561. The molecule has 0 aliphatic rings. The van der Waals surface area contributed by atoms with E-state index in [4.69, 9.17) is 5.26 Å². The van der Waals surface area contributed by atoms with Crippen LogP contribution < -0.4 is 0 Å². The summed E-state index contributed by atoms with van der Waals surface area (Å²) in [6, 6.07) is 7.72. The van der Waals surface area contributed by atoms with Crippen molar-refractivity contribution in [2.45, 2.75) is 45.8 Å². The van der Waals surface area contributed by atoms with Crippen LogP contribution >= 0.6 is 0 Å². The monoisotopic (exact) mass is 276 g/mol. The van der Waals surface area contributed by atoms with Crippen LogP contribution in [0.3, 0.4) is 0 Å². The quantitative estimate of drug-likeness (QED) is 0.626. The Morgan fingerprint density at radius 1 is 1.42 bits per heavy atom. The van der Waals surface area contributed by atoms with Gasteiger partial charge in [0.05, 0.1) is 17.3 Å². The van der Waals surface area contributed by atoms with Gasteiger partial charge in [-0.15, -0.1) is 0 Å². The Balaban J connectivity index is 3.26. The van der Waals surface area contributed by atoms with Crippen molar-refractivity contribution in [1.29, 1.82) is 5.26 Å². The number of hydrogen-bond acceptors (Lipinski definition) is 3. The van der Waals surface area contributed by atoms with Gasteiger partial charge in [-0.1, -0.05) is 23.5 Å². The molecule has 0 aliphatic heterocycles. The van der Waals surface area contributed by atoms with Crippen LogP contribution in [-0.2, 0) is 11.4 Å². The summed E-state index contributed by atoms with van der Waals surface area (Å²) < 4.78 is 16.1. The van der Waals surface area contributed by atoms with E-state index in [1.54, 1.807) is 6.07 Å². The van der Waals surface area contributed by atoms with Crippen molar-refractivity contribution in [3.63, 3.8) is 0 Å². The molecule has 0 saturated heterocycles. The van der Waals surface area contributed by atoms with Crippen molar-refractivity contribution in [2.24, 2.45) is 4.40 Å². The molecule has 4 heteroatoms. The topological polar surface area (TPSA) is 59.2 Å². The molecule has 19 heavy (non-hydrogen) atoms. The molecule has 1 atom stereocenters. The van der Waals surface area contributed by atoms with E-state index in [-0.39, 0.29) is 4.75 Å². The fourth-order valence-corrected chi connectivity index (χ4v) is 2.31. The zero-order valence-corrected chi connectivity index (χ0v) is 13.0. The Labute approximate surface area is 118 Å². The highest BCUT2D eigenvalue weighted by Gasteiger charge is 2.27. The Kier molecular flexibility index (Phi) is 5.16. The minimum atomic E-state index is -1.28. The molecule has 0 amide bonds. The van der Waals surface area contributed by atoms with Crippen molar-refractivity contribution in [3.8, 4) is 6.07 Å². The van der Waals surface area contributed by atoms with Gasteiger partial charge >= 0.3 is 0 Å². The highest BCUT2D eigenvalue weighted by atomic mass is 32.2. The summed E-state index contributed by atoms with van der Waals surface area (Å²) in [5, 5.41) is 9.06. The third kappa shape index (κ3) is 3.82. The SMILES string of the molecule is CCC(=N[S+]([O-])C(C)(C)C)c1cccc(C#N)c1C. The van der Waals surface area contributed by atoms with Crippen molar-refractivity contribution >= 4 is 17.1 Å². The normalized spacial score (nSPS) is 14.1. The number of hydrogen-bond donors (Lipinski definition) is 0. The third-order valence-corrected chi connectivity index (χ3v) is 4.25. The first-order valence-corrected chi connectivity index (χ1v) is 7.41. The number of rotatable bonds is 3. The molecular weight excluding hydrogens is 256 g/mol. The van der Waals surface area contributed by atoms with E-state index in [0.717, 1.165) is 16.8 Å². The standard InChI is InChI=1S/C15H20N2OS/c1-6-14(17-19(18)15(3,4)5)13-9-7-8-12(10-16)11(13)2/h7-9H,6H2,1-5H3. The van der Waals surface area contributed by atoms with E-state index < -0.39 is 11.4 Å². The lowest BCUT2D eigenvalue weighted by Crippen LogP contribution is -2.27. The van der Waals surface area contributed by atoms with Crippen LogP contribution in [-0.4, -0.2) is 15.0 Å². The Morgan fingerprint density at radius 2 is 2.05 bits per heavy atom. The first-order chi connectivity index (χ1) is 8.81. The molecule has 0 radical (unpaired) electrons. The van der Waals surface area contributed by atoms with E-state index in [0.29, 0.717) is 12.0 Å². The van der Waals surface area contributed by atoms with Crippen LogP contribution in [0.25, 0.3) is 0 Å². The van der Waals surface area contributed by atoms with Gasteiger partial charge in [0.25, 0.3) is 0 Å². The minimum Gasteiger partial charge on any atom is -0.591 e. The van der Waals surface area contributed by atoms with Crippen molar-refractivity contribution in [3.05, 3.63) is 34.9 Å². The molecule has 0 N–H and O–H groups in total. The smallest absolute Gasteiger partial charge is 0.144 e. The van der Waals surface area contributed by atoms with Gasteiger partial charge in [-0.3, -0.25) is 0 Å². The second kappa shape index (κ2) is 6.23. The lowest BCUT2D eigenvalue weighted by atomic mass is 9.98. The molecule has 1 unspecified atom stereocenters. The molecule has 0 fully saturated rings. The molecule has 1 rings (SSSR count). The lowest BCUT2D eigenvalue weighted by Gasteiger charge is -2.19. The Hall–Kier alpha value is -1.31. The summed E-state index contributed by atoms with van der Waals surface area (Å²) in [4.78, 5) is 0. The molecular formula is C15H20N2OS. The van der Waals surface area contributed by atoms with Gasteiger partial charge in [0.15, 0.2) is 0 Å². The molecule has 102 valence electrons. The zero-order chi connectivity index (χ0) is 14.6. The highest BCUT2D eigenvalue weighted by Crippen LogP contribution is 2.21. The number of benzene rings is 1. The predicted molar refractivity (Wildman–Crippen MR) is 80.6 cm³/mol. The average molecular weight is 276 g/mol. The fraction of sp³-hybridized carbons (Fsp3) is 0.467. The van der Waals surface area contributed by atoms with Crippen molar-refractivity contribution in [2.75, 3.05) is 0 Å². The van der Waals surface area contributed by atoms with Gasteiger partial charge < -0.3 is 4.55 Å². The molecule has 0 bridgehead atoms. The fourth-order valence-electron chi connectivity index (χ4n) is 1.61. The van der Waals surface area contributed by atoms with Crippen LogP contribution in [0.2, 0.25) is 0 Å². The van der Waals surface area contributed by atoms with Gasteiger partial charge in [0.2, 0.25) is 0 Å². The molecule has 0 heterocycles. The molecule has 3 nitrogen and oxygen atoms in total. The predicted octanol–water partition coefficient (Wildman–Crippen LogP) is 3.53. The average Bonchev–Trinajstić information content (AvgIpc) is 2.35. The minimum absolute atomic E-state index is 0.374. The summed E-state index contributed by atoms with van der Waals surface area (Å²) in [5.74, 6) is 0. The maximum absolute atomic E-state index is 12.1. The zero-order valence-electron chi connectivity index (χ0n) is 12.2. The third-order valence-electron chi connectivity index (χ3n) is 2.82. The summed E-state index contributed by atoms with van der Waals surface area (Å²) in [6.45, 7) is 9.59. The summed E-state index contributed by atoms with van der Waals surface area (Å²) in [7, 11) is 0. The molecule has 0 aliphatic carbocycles. The van der Waals surface area contributed by atoms with Gasteiger partial charge in [-0.05, 0) is 45.7 Å². The Bertz CT molecular complexity index is 524. The van der Waals surface area contributed by atoms with Crippen LogP contribution in [0.1, 0.15) is 50.8 Å². The summed E-state index contributed by atoms with van der Waals surface area (Å²) >= 11 is -1.28. The first-order valence-electron chi connectivity index (χ1n) is 6.31. The molecule has 0 saturated carbocycles. The van der Waals surface area contributed by atoms with E-state index in [1.165, 1.54) is 0 Å². The van der Waals surface area contributed by atoms with Crippen LogP contribution in [0.5, 0.6) is 0 Å². The molecule has 1 aromatic carbocycles. The van der Waals surface area contributed by atoms with E-state index in [1.807, 2.05) is 46.8 Å². The second-order valence-electron chi connectivity index (χ2n) is 5.34. The van der Waals surface area contributed by atoms with Crippen molar-refractivity contribution < 1.29 is 4.55 Å². The van der Waals surface area contributed by atoms with Gasteiger partial charge in [-0.25, -0.2) is 0 Å². The van der Waals surface area contributed by atoms with Gasteiger partial charge in [-0.2, -0.15) is 5.26 Å². The molecule has 1 aromatic rings. The maximum atomic E-state index is 12.1. The van der Waals surface area contributed by atoms with Crippen LogP contribution in [0.4, 0.5) is 0 Å². The van der Waals surface area contributed by atoms with E-state index in [2.05, 4.69) is 10.5 Å². The number of nitrogens with zero attached hydrogens (tertiary/aromatic N) is 2. The van der Waals surface area contributed by atoms with E-state index in [9.17, 15) is 4.55 Å². The molecule has 0 aromatic heterocycles. The van der Waals surface area contributed by atoms with Crippen LogP contribution in [0.15, 0.2) is 22.6 Å². The van der Waals surface area contributed by atoms with E-state index >= 15 is 0 Å². The molecule has 0 spiro atoms. The Morgan fingerprint density at radius 3 is 2.53 bits per heavy atom. The van der Waals surface area contributed by atoms with Gasteiger partial charge in [0.1, 0.15) is 16.1 Å². The second-order valence-corrected chi connectivity index (χ2v) is 7.25. The largest absolute Gasteiger partial charge is 0.591 e. The summed E-state index contributed by atoms with van der Waals surface area (Å²) in [5.41, 5.74) is 3.25. The summed E-state index contributed by atoms with van der Waals surface area (Å²) in [6.07, 6.45) is 0.692. The maximum Gasteiger partial charge on any atom is 0.144 e. The van der Waals surface area contributed by atoms with Gasteiger partial charge in [0, 0.05) is 5.56 Å². The highest BCUT2D eigenvalue weighted by molar-refractivity contribution is 7.91. The number of nitriles is 1. The van der Waals surface area contributed by atoms with Crippen molar-refractivity contribution in [1.82, 2.24) is 0 Å². The first kappa shape index (κ1) is 15.7. The van der Waals surface area contributed by atoms with Crippen LogP contribution in [0, 0.1) is 18.3 Å².